The molecule has 0 aliphatic carbocycles. The Morgan fingerprint density at radius 1 is 1.50 bits per heavy atom. The van der Waals surface area contributed by atoms with E-state index in [-0.39, 0.29) is 6.04 Å². The number of likely N-dealkylation sites (tertiary alicyclic amines) is 1. The van der Waals surface area contributed by atoms with Gasteiger partial charge >= 0.3 is 5.97 Å². The molecule has 4 nitrogen and oxygen atoms in total. The minimum atomic E-state index is -0.743. The molecule has 0 radical (unpaired) electrons. The van der Waals surface area contributed by atoms with Crippen molar-refractivity contribution >= 4 is 5.97 Å². The first kappa shape index (κ1) is 14.5. The van der Waals surface area contributed by atoms with Gasteiger partial charge < -0.3 is 5.11 Å². The van der Waals surface area contributed by atoms with Crippen LogP contribution in [0, 0.1) is 11.3 Å². The largest absolute Gasteiger partial charge is 0.480 e. The van der Waals surface area contributed by atoms with Crippen LogP contribution in [0.3, 0.4) is 0 Å². The van der Waals surface area contributed by atoms with Crippen molar-refractivity contribution in [2.75, 3.05) is 6.54 Å². The van der Waals surface area contributed by atoms with Crippen molar-refractivity contribution in [1.82, 2.24) is 4.90 Å². The monoisotopic (exact) mass is 272 g/mol. The second-order valence-electron chi connectivity index (χ2n) is 5.40. The van der Waals surface area contributed by atoms with Gasteiger partial charge in [-0.25, -0.2) is 0 Å². The van der Waals surface area contributed by atoms with E-state index >= 15 is 0 Å². The number of carboxylic acids is 1. The number of carboxylic acid groups (broad SMARTS) is 1. The lowest BCUT2D eigenvalue weighted by atomic mass is 9.90. The van der Waals surface area contributed by atoms with Crippen molar-refractivity contribution in [2.24, 2.45) is 0 Å². The molecule has 2 atom stereocenters. The molecule has 1 aromatic carbocycles. The molecule has 0 amide bonds. The molecule has 1 aliphatic heterocycles. The van der Waals surface area contributed by atoms with E-state index in [0.717, 1.165) is 18.5 Å². The Kier molecular flexibility index (Phi) is 4.10. The predicted octanol–water partition coefficient (Wildman–Crippen LogP) is 2.95. The molecule has 1 aromatic rings. The Morgan fingerprint density at radius 2 is 2.15 bits per heavy atom. The third kappa shape index (κ3) is 2.30. The highest BCUT2D eigenvalue weighted by Crippen LogP contribution is 2.39. The van der Waals surface area contributed by atoms with Gasteiger partial charge in [-0.3, -0.25) is 9.69 Å². The van der Waals surface area contributed by atoms with E-state index in [9.17, 15) is 9.90 Å². The lowest BCUT2D eigenvalue weighted by Crippen LogP contribution is -2.50. The summed E-state index contributed by atoms with van der Waals surface area (Å²) in [6.45, 7) is 4.79. The molecule has 4 heteroatoms. The molecule has 20 heavy (non-hydrogen) atoms. The summed E-state index contributed by atoms with van der Waals surface area (Å²) in [6.07, 6.45) is 2.24. The maximum atomic E-state index is 11.7. The first-order valence-corrected chi connectivity index (χ1v) is 7.05. The Hall–Kier alpha value is -1.86. The zero-order valence-electron chi connectivity index (χ0n) is 12.0. The van der Waals surface area contributed by atoms with Crippen molar-refractivity contribution in [1.29, 1.82) is 5.26 Å². The zero-order chi connectivity index (χ0) is 14.8. The van der Waals surface area contributed by atoms with Crippen LogP contribution in [-0.4, -0.2) is 28.1 Å². The van der Waals surface area contributed by atoms with Crippen LogP contribution in [0.1, 0.15) is 50.3 Å². The number of hydrogen-bond donors (Lipinski definition) is 1. The van der Waals surface area contributed by atoms with Crippen molar-refractivity contribution in [2.45, 2.75) is 44.7 Å². The van der Waals surface area contributed by atoms with Crippen molar-refractivity contribution < 1.29 is 9.90 Å². The first-order valence-electron chi connectivity index (χ1n) is 7.05. The molecule has 1 N–H and O–H groups in total. The standard InChI is InChI=1S/C16H20N2O2/c1-3-16(15(19)20)9-4-10-18(16)12(2)14-7-5-13(11-17)6-8-14/h5-8,12H,3-4,9-10H2,1-2H3,(H,19,20). The van der Waals surface area contributed by atoms with Crippen LogP contribution in [0.4, 0.5) is 0 Å². The fraction of sp³-hybridized carbons (Fsp3) is 0.500. The van der Waals surface area contributed by atoms with Gasteiger partial charge in [0.25, 0.3) is 0 Å². The van der Waals surface area contributed by atoms with Crippen molar-refractivity contribution in [3.05, 3.63) is 35.4 Å². The fourth-order valence-electron chi connectivity index (χ4n) is 3.24. The minimum Gasteiger partial charge on any atom is -0.480 e. The Labute approximate surface area is 119 Å². The number of carbonyl (C=O) groups is 1. The zero-order valence-corrected chi connectivity index (χ0v) is 12.0. The van der Waals surface area contributed by atoms with Crippen LogP contribution < -0.4 is 0 Å². The van der Waals surface area contributed by atoms with E-state index in [0.29, 0.717) is 18.4 Å². The third-order valence-electron chi connectivity index (χ3n) is 4.51. The molecule has 2 rings (SSSR count). The molecule has 0 bridgehead atoms. The van der Waals surface area contributed by atoms with Gasteiger partial charge in [-0.05, 0) is 50.4 Å². The molecule has 2 unspecified atom stereocenters. The van der Waals surface area contributed by atoms with Crippen LogP contribution in [0.5, 0.6) is 0 Å². The molecule has 1 heterocycles. The average Bonchev–Trinajstić information content (AvgIpc) is 2.91. The normalized spacial score (nSPS) is 24.2. The number of nitrogens with zero attached hydrogens (tertiary/aromatic N) is 2. The summed E-state index contributed by atoms with van der Waals surface area (Å²) < 4.78 is 0. The van der Waals surface area contributed by atoms with Gasteiger partial charge in [-0.1, -0.05) is 19.1 Å². The SMILES string of the molecule is CCC1(C(=O)O)CCCN1C(C)c1ccc(C#N)cc1. The van der Waals surface area contributed by atoms with E-state index in [1.54, 1.807) is 12.1 Å². The Morgan fingerprint density at radius 3 is 2.65 bits per heavy atom. The highest BCUT2D eigenvalue weighted by molar-refractivity contribution is 5.79. The number of rotatable bonds is 4. The summed E-state index contributed by atoms with van der Waals surface area (Å²) in [7, 11) is 0. The highest BCUT2D eigenvalue weighted by atomic mass is 16.4. The Balaban J connectivity index is 2.29. The number of benzene rings is 1. The van der Waals surface area contributed by atoms with Crippen molar-refractivity contribution in [3.8, 4) is 6.07 Å². The number of nitriles is 1. The van der Waals surface area contributed by atoms with Gasteiger partial charge in [0.1, 0.15) is 5.54 Å². The average molecular weight is 272 g/mol. The summed E-state index contributed by atoms with van der Waals surface area (Å²) >= 11 is 0. The quantitative estimate of drug-likeness (QED) is 0.915. The molecule has 106 valence electrons. The van der Waals surface area contributed by atoms with Crippen molar-refractivity contribution in [3.63, 3.8) is 0 Å². The molecule has 0 spiro atoms. The molecule has 1 aliphatic rings. The maximum absolute atomic E-state index is 11.7. The second-order valence-corrected chi connectivity index (χ2v) is 5.40. The summed E-state index contributed by atoms with van der Waals surface area (Å²) in [5.74, 6) is -0.724. The minimum absolute atomic E-state index is 0.0429. The summed E-state index contributed by atoms with van der Waals surface area (Å²) in [5.41, 5.74) is 0.945. The molecular formula is C16H20N2O2. The van der Waals surface area contributed by atoms with E-state index in [1.807, 2.05) is 26.0 Å². The summed E-state index contributed by atoms with van der Waals surface area (Å²) in [5, 5.41) is 18.5. The predicted molar refractivity (Wildman–Crippen MR) is 76.2 cm³/mol. The number of aliphatic carboxylic acids is 1. The number of hydrogen-bond acceptors (Lipinski definition) is 3. The molecule has 0 saturated carbocycles. The van der Waals surface area contributed by atoms with Gasteiger partial charge in [0, 0.05) is 6.04 Å². The second kappa shape index (κ2) is 5.64. The van der Waals surface area contributed by atoms with Gasteiger partial charge in [-0.15, -0.1) is 0 Å². The molecule has 1 fully saturated rings. The molecular weight excluding hydrogens is 252 g/mol. The first-order chi connectivity index (χ1) is 9.55. The van der Waals surface area contributed by atoms with Crippen LogP contribution >= 0.6 is 0 Å². The van der Waals surface area contributed by atoms with Crippen LogP contribution in [0.25, 0.3) is 0 Å². The molecule has 1 saturated heterocycles. The van der Waals surface area contributed by atoms with E-state index in [4.69, 9.17) is 5.26 Å². The molecule has 0 aromatic heterocycles. The van der Waals surface area contributed by atoms with Crippen LogP contribution in [0.15, 0.2) is 24.3 Å². The third-order valence-corrected chi connectivity index (χ3v) is 4.51. The maximum Gasteiger partial charge on any atom is 0.324 e. The lowest BCUT2D eigenvalue weighted by Gasteiger charge is -2.38. The Bertz CT molecular complexity index is 532. The fourth-order valence-corrected chi connectivity index (χ4v) is 3.24. The van der Waals surface area contributed by atoms with E-state index in [1.165, 1.54) is 0 Å². The lowest BCUT2D eigenvalue weighted by molar-refractivity contribution is -0.151. The highest BCUT2D eigenvalue weighted by Gasteiger charge is 2.48. The van der Waals surface area contributed by atoms with Crippen LogP contribution in [0.2, 0.25) is 0 Å². The van der Waals surface area contributed by atoms with Gasteiger partial charge in [-0.2, -0.15) is 5.26 Å². The van der Waals surface area contributed by atoms with Crippen LogP contribution in [-0.2, 0) is 4.79 Å². The van der Waals surface area contributed by atoms with E-state index in [2.05, 4.69) is 11.0 Å². The summed E-state index contributed by atoms with van der Waals surface area (Å²) in [4.78, 5) is 13.8. The van der Waals surface area contributed by atoms with Gasteiger partial charge in [0.15, 0.2) is 0 Å². The van der Waals surface area contributed by atoms with E-state index < -0.39 is 11.5 Å². The van der Waals surface area contributed by atoms with Gasteiger partial charge in [0.2, 0.25) is 0 Å². The smallest absolute Gasteiger partial charge is 0.324 e. The summed E-state index contributed by atoms with van der Waals surface area (Å²) in [6, 6.07) is 9.56. The van der Waals surface area contributed by atoms with Gasteiger partial charge in [0.05, 0.1) is 11.6 Å². The topological polar surface area (TPSA) is 64.3 Å².